The first-order valence-corrected chi connectivity index (χ1v) is 9.46. The van der Waals surface area contributed by atoms with Gasteiger partial charge in [0, 0.05) is 11.3 Å². The van der Waals surface area contributed by atoms with Crippen molar-refractivity contribution in [2.75, 3.05) is 18.4 Å². The van der Waals surface area contributed by atoms with Crippen LogP contribution in [0.2, 0.25) is 0 Å². The summed E-state index contributed by atoms with van der Waals surface area (Å²) in [5, 5.41) is 5.70. The summed E-state index contributed by atoms with van der Waals surface area (Å²) in [5.74, 6) is 0.250. The average molecular weight is 345 g/mol. The highest BCUT2D eigenvalue weighted by Gasteiger charge is 2.29. The van der Waals surface area contributed by atoms with E-state index >= 15 is 0 Å². The highest BCUT2D eigenvalue weighted by molar-refractivity contribution is 5.92. The molecule has 2 N–H and O–H groups in total. The SMILES string of the molecule is O=C(Nc1ccccc1)[C@H]1CCC[NH+](Cc2cccc3ccccc23)C1. The van der Waals surface area contributed by atoms with Crippen LogP contribution in [-0.4, -0.2) is 19.0 Å². The topological polar surface area (TPSA) is 33.5 Å². The van der Waals surface area contributed by atoms with Crippen molar-refractivity contribution >= 4 is 22.4 Å². The van der Waals surface area contributed by atoms with E-state index in [4.69, 9.17) is 0 Å². The molecule has 2 atom stereocenters. The number of nitrogens with one attached hydrogen (secondary N) is 2. The maximum absolute atomic E-state index is 12.7. The Kier molecular flexibility index (Phi) is 4.98. The number of para-hydroxylation sites is 1. The number of hydrogen-bond donors (Lipinski definition) is 2. The van der Waals surface area contributed by atoms with Gasteiger partial charge in [-0.25, -0.2) is 0 Å². The standard InChI is InChI=1S/C23H24N2O/c26-23(24-21-12-2-1-3-13-21)20-11-7-15-25(17-20)16-19-10-6-9-18-8-4-5-14-22(18)19/h1-6,8-10,12-14,20H,7,11,15-17H2,(H,24,26)/p+1/t20-/m0/s1. The van der Waals surface area contributed by atoms with Gasteiger partial charge in [-0.15, -0.1) is 0 Å². The van der Waals surface area contributed by atoms with Gasteiger partial charge >= 0.3 is 0 Å². The van der Waals surface area contributed by atoms with E-state index in [2.05, 4.69) is 47.8 Å². The van der Waals surface area contributed by atoms with Gasteiger partial charge in [0.2, 0.25) is 5.91 Å². The third kappa shape index (κ3) is 3.78. The molecule has 1 amide bonds. The molecule has 1 aliphatic rings. The molecule has 1 unspecified atom stereocenters. The summed E-state index contributed by atoms with van der Waals surface area (Å²) >= 11 is 0. The molecule has 0 radical (unpaired) electrons. The number of carbonyl (C=O) groups excluding carboxylic acids is 1. The molecule has 0 bridgehead atoms. The molecule has 132 valence electrons. The molecule has 3 aromatic carbocycles. The summed E-state index contributed by atoms with van der Waals surface area (Å²) in [6, 6.07) is 24.9. The minimum Gasteiger partial charge on any atom is -0.331 e. The number of quaternary nitrogens is 1. The third-order valence-corrected chi connectivity index (χ3v) is 5.35. The molecule has 0 saturated carbocycles. The number of hydrogen-bond acceptors (Lipinski definition) is 1. The van der Waals surface area contributed by atoms with Crippen molar-refractivity contribution < 1.29 is 9.69 Å². The normalized spacial score (nSPS) is 20.0. The van der Waals surface area contributed by atoms with Crippen LogP contribution in [0.1, 0.15) is 18.4 Å². The van der Waals surface area contributed by atoms with Gasteiger partial charge in [-0.2, -0.15) is 0 Å². The molecule has 26 heavy (non-hydrogen) atoms. The Bertz CT molecular complexity index is 886. The second-order valence-corrected chi connectivity index (χ2v) is 7.21. The van der Waals surface area contributed by atoms with Gasteiger partial charge in [0.25, 0.3) is 0 Å². The number of carbonyl (C=O) groups is 1. The minimum atomic E-state index is 0.0916. The predicted molar refractivity (Wildman–Crippen MR) is 106 cm³/mol. The van der Waals surface area contributed by atoms with Crippen LogP contribution in [0, 0.1) is 5.92 Å². The lowest BCUT2D eigenvalue weighted by atomic mass is 9.96. The second-order valence-electron chi connectivity index (χ2n) is 7.21. The van der Waals surface area contributed by atoms with Crippen LogP contribution in [0.15, 0.2) is 72.8 Å². The Morgan fingerprint density at radius 3 is 2.62 bits per heavy atom. The summed E-state index contributed by atoms with van der Waals surface area (Å²) in [7, 11) is 0. The first-order valence-electron chi connectivity index (χ1n) is 9.46. The molecular weight excluding hydrogens is 320 g/mol. The maximum atomic E-state index is 12.7. The second kappa shape index (κ2) is 7.71. The summed E-state index contributed by atoms with van der Waals surface area (Å²) in [5.41, 5.74) is 2.26. The Hall–Kier alpha value is -2.65. The van der Waals surface area contributed by atoms with Crippen molar-refractivity contribution in [3.05, 3.63) is 78.4 Å². The molecule has 0 aromatic heterocycles. The maximum Gasteiger partial charge on any atom is 0.233 e. The molecule has 0 spiro atoms. The summed E-state index contributed by atoms with van der Waals surface area (Å²) in [6.45, 7) is 3.02. The van der Waals surface area contributed by atoms with E-state index in [0.29, 0.717) is 0 Å². The molecule has 4 rings (SSSR count). The van der Waals surface area contributed by atoms with Gasteiger partial charge in [0.05, 0.1) is 19.0 Å². The van der Waals surface area contributed by atoms with Gasteiger partial charge in [-0.1, -0.05) is 60.7 Å². The zero-order valence-electron chi connectivity index (χ0n) is 14.9. The van der Waals surface area contributed by atoms with Crippen LogP contribution >= 0.6 is 0 Å². The van der Waals surface area contributed by atoms with Gasteiger partial charge in [-0.05, 0) is 35.7 Å². The fourth-order valence-electron chi connectivity index (χ4n) is 4.02. The summed E-state index contributed by atoms with van der Waals surface area (Å²) in [4.78, 5) is 14.2. The monoisotopic (exact) mass is 345 g/mol. The van der Waals surface area contributed by atoms with E-state index in [-0.39, 0.29) is 11.8 Å². The van der Waals surface area contributed by atoms with Crippen molar-refractivity contribution in [2.45, 2.75) is 19.4 Å². The molecule has 1 saturated heterocycles. The fraction of sp³-hybridized carbons (Fsp3) is 0.261. The van der Waals surface area contributed by atoms with Crippen LogP contribution in [0.25, 0.3) is 10.8 Å². The van der Waals surface area contributed by atoms with Gasteiger partial charge in [0.1, 0.15) is 6.54 Å². The fourth-order valence-corrected chi connectivity index (χ4v) is 4.02. The average Bonchev–Trinajstić information content (AvgIpc) is 2.69. The van der Waals surface area contributed by atoms with Gasteiger partial charge in [0.15, 0.2) is 0 Å². The predicted octanol–water partition coefficient (Wildman–Crippen LogP) is 3.27. The zero-order valence-corrected chi connectivity index (χ0v) is 14.9. The van der Waals surface area contributed by atoms with E-state index in [0.717, 1.165) is 38.2 Å². The Morgan fingerprint density at radius 1 is 0.962 bits per heavy atom. The molecule has 3 aromatic rings. The summed E-state index contributed by atoms with van der Waals surface area (Å²) in [6.07, 6.45) is 2.09. The lowest BCUT2D eigenvalue weighted by molar-refractivity contribution is -0.920. The van der Waals surface area contributed by atoms with Crippen molar-refractivity contribution in [3.63, 3.8) is 0 Å². The lowest BCUT2D eigenvalue weighted by Crippen LogP contribution is -3.12. The first kappa shape index (κ1) is 16.8. The van der Waals surface area contributed by atoms with Crippen molar-refractivity contribution in [2.24, 2.45) is 5.92 Å². The molecule has 3 heteroatoms. The molecule has 3 nitrogen and oxygen atoms in total. The number of fused-ring (bicyclic) bond motifs is 1. The van der Waals surface area contributed by atoms with Crippen LogP contribution in [-0.2, 0) is 11.3 Å². The quantitative estimate of drug-likeness (QED) is 0.748. The highest BCUT2D eigenvalue weighted by atomic mass is 16.1. The van der Waals surface area contributed by atoms with Crippen LogP contribution in [0.3, 0.4) is 0 Å². The van der Waals surface area contributed by atoms with E-state index in [9.17, 15) is 4.79 Å². The van der Waals surface area contributed by atoms with E-state index in [1.165, 1.54) is 21.2 Å². The molecule has 1 fully saturated rings. The molecule has 1 heterocycles. The van der Waals surface area contributed by atoms with Crippen LogP contribution in [0.5, 0.6) is 0 Å². The first-order chi connectivity index (χ1) is 12.8. The molecule has 0 aliphatic carbocycles. The molecule has 1 aliphatic heterocycles. The number of benzene rings is 3. The minimum absolute atomic E-state index is 0.0916. The Morgan fingerprint density at radius 2 is 1.73 bits per heavy atom. The number of anilines is 1. The van der Waals surface area contributed by atoms with E-state index in [1.54, 1.807) is 0 Å². The van der Waals surface area contributed by atoms with Gasteiger partial charge in [-0.3, -0.25) is 4.79 Å². The largest absolute Gasteiger partial charge is 0.331 e. The van der Waals surface area contributed by atoms with Crippen molar-refractivity contribution in [3.8, 4) is 0 Å². The Balaban J connectivity index is 1.44. The van der Waals surface area contributed by atoms with Crippen LogP contribution < -0.4 is 10.2 Å². The smallest absolute Gasteiger partial charge is 0.233 e. The van der Waals surface area contributed by atoms with Gasteiger partial charge < -0.3 is 10.2 Å². The summed E-state index contributed by atoms with van der Waals surface area (Å²) < 4.78 is 0. The third-order valence-electron chi connectivity index (χ3n) is 5.35. The number of rotatable bonds is 4. The number of piperidine rings is 1. The number of amides is 1. The highest BCUT2D eigenvalue weighted by Crippen LogP contribution is 2.18. The van der Waals surface area contributed by atoms with Crippen molar-refractivity contribution in [1.82, 2.24) is 0 Å². The lowest BCUT2D eigenvalue weighted by Gasteiger charge is -2.29. The van der Waals surface area contributed by atoms with E-state index < -0.39 is 0 Å². The van der Waals surface area contributed by atoms with Crippen molar-refractivity contribution in [1.29, 1.82) is 0 Å². The zero-order chi connectivity index (χ0) is 17.8. The van der Waals surface area contributed by atoms with E-state index in [1.807, 2.05) is 30.3 Å². The molecular formula is C23H25N2O+. The number of likely N-dealkylation sites (tertiary alicyclic amines) is 1. The Labute approximate surface area is 154 Å². The van der Waals surface area contributed by atoms with Crippen LogP contribution in [0.4, 0.5) is 5.69 Å².